The van der Waals surface area contributed by atoms with E-state index in [0.29, 0.717) is 40.4 Å². The fourth-order valence-electron chi connectivity index (χ4n) is 4.18. The van der Waals surface area contributed by atoms with Gasteiger partial charge in [0.2, 0.25) is 10.0 Å². The van der Waals surface area contributed by atoms with E-state index < -0.39 is 21.3 Å². The van der Waals surface area contributed by atoms with Gasteiger partial charge in [0, 0.05) is 23.4 Å². The molecule has 0 radical (unpaired) electrons. The van der Waals surface area contributed by atoms with Crippen molar-refractivity contribution >= 4 is 15.7 Å². The molecule has 184 valence electrons. The summed E-state index contributed by atoms with van der Waals surface area (Å²) in [6.45, 7) is 0. The molecule has 0 fully saturated rings. The minimum atomic E-state index is -3.45. The average Bonchev–Trinajstić information content (AvgIpc) is 3.51. The molecule has 0 unspecified atom stereocenters. The Kier molecular flexibility index (Phi) is 5.86. The van der Waals surface area contributed by atoms with Crippen LogP contribution in [0.3, 0.4) is 0 Å². The lowest BCUT2D eigenvalue weighted by molar-refractivity contribution is 0.416. The number of H-pyrrole nitrogens is 1. The second-order valence-electron chi connectivity index (χ2n) is 8.22. The third kappa shape index (κ3) is 4.49. The van der Waals surface area contributed by atoms with E-state index >= 15 is 0 Å². The highest BCUT2D eigenvalue weighted by Gasteiger charge is 2.21. The van der Waals surface area contributed by atoms with Gasteiger partial charge in [-0.15, -0.1) is 4.83 Å². The van der Waals surface area contributed by atoms with Crippen molar-refractivity contribution in [2.75, 3.05) is 13.4 Å². The predicted octanol–water partition coefficient (Wildman–Crippen LogP) is 2.41. The molecule has 0 saturated carbocycles. The van der Waals surface area contributed by atoms with Crippen molar-refractivity contribution in [1.82, 2.24) is 19.8 Å². The van der Waals surface area contributed by atoms with E-state index in [1.165, 1.54) is 16.8 Å². The van der Waals surface area contributed by atoms with Gasteiger partial charge in [0.15, 0.2) is 0 Å². The molecular formula is C25H22N4O6S. The molecule has 11 heteroatoms. The number of aromatic amines is 1. The number of fused-ring (bicyclic) bond motifs is 1. The van der Waals surface area contributed by atoms with Crippen LogP contribution in [0.4, 0.5) is 0 Å². The van der Waals surface area contributed by atoms with Crippen LogP contribution in [-0.4, -0.2) is 31.3 Å². The first kappa shape index (κ1) is 23.4. The zero-order valence-electron chi connectivity index (χ0n) is 19.4. The second-order valence-corrected chi connectivity index (χ2v) is 9.97. The number of nitrogens with one attached hydrogen (secondary N) is 3. The molecule has 2 aromatic heterocycles. The number of allylic oxidation sites excluding steroid dienone is 1. The van der Waals surface area contributed by atoms with Gasteiger partial charge in [0.1, 0.15) is 11.5 Å². The number of rotatable bonds is 7. The highest BCUT2D eigenvalue weighted by molar-refractivity contribution is 7.88. The summed E-state index contributed by atoms with van der Waals surface area (Å²) in [6.07, 6.45) is 6.56. The Morgan fingerprint density at radius 1 is 1.06 bits per heavy atom. The lowest BCUT2D eigenvalue weighted by Crippen LogP contribution is -2.34. The van der Waals surface area contributed by atoms with E-state index in [2.05, 4.69) is 15.2 Å². The van der Waals surface area contributed by atoms with E-state index in [-0.39, 0.29) is 0 Å². The SMILES string of the molecule is COc1c(-c2ccc3c(c2)C(NNS(C)(=O)=O)=CC3)cc(-n2ccc(=O)[nH]c2=O)cc1-c1ccco1. The predicted molar refractivity (Wildman–Crippen MR) is 135 cm³/mol. The second kappa shape index (κ2) is 9.02. The molecule has 0 amide bonds. The number of hydrogen-bond acceptors (Lipinski definition) is 7. The van der Waals surface area contributed by atoms with Crippen molar-refractivity contribution in [3.63, 3.8) is 0 Å². The minimum Gasteiger partial charge on any atom is -0.495 e. The molecule has 10 nitrogen and oxygen atoms in total. The zero-order chi connectivity index (χ0) is 25.4. The first-order chi connectivity index (χ1) is 17.2. The lowest BCUT2D eigenvalue weighted by Gasteiger charge is -2.17. The Hall–Kier alpha value is -4.35. The Labute approximate surface area is 205 Å². The molecule has 1 aliphatic carbocycles. The topological polar surface area (TPSA) is 135 Å². The van der Waals surface area contributed by atoms with E-state index in [0.717, 1.165) is 22.9 Å². The van der Waals surface area contributed by atoms with Crippen LogP contribution in [0.15, 0.2) is 81.1 Å². The van der Waals surface area contributed by atoms with E-state index in [1.54, 1.807) is 37.6 Å². The summed E-state index contributed by atoms with van der Waals surface area (Å²) >= 11 is 0. The van der Waals surface area contributed by atoms with Gasteiger partial charge in [-0.1, -0.05) is 18.2 Å². The van der Waals surface area contributed by atoms with Crippen LogP contribution >= 0.6 is 0 Å². The fraction of sp³-hybridized carbons (Fsp3) is 0.120. The summed E-state index contributed by atoms with van der Waals surface area (Å²) in [5, 5.41) is 0. The molecule has 2 aromatic carbocycles. The van der Waals surface area contributed by atoms with Gasteiger partial charge in [0.05, 0.1) is 36.6 Å². The zero-order valence-corrected chi connectivity index (χ0v) is 20.2. The number of benzene rings is 2. The summed E-state index contributed by atoms with van der Waals surface area (Å²) in [4.78, 5) is 28.8. The van der Waals surface area contributed by atoms with Crippen LogP contribution in [0.1, 0.15) is 11.1 Å². The van der Waals surface area contributed by atoms with Gasteiger partial charge in [0.25, 0.3) is 5.56 Å². The summed E-state index contributed by atoms with van der Waals surface area (Å²) in [5.74, 6) is 1.06. The largest absolute Gasteiger partial charge is 0.495 e. The molecule has 4 aromatic rings. The van der Waals surface area contributed by atoms with Gasteiger partial charge in [-0.25, -0.2) is 13.2 Å². The fourth-order valence-corrected chi connectivity index (χ4v) is 4.48. The first-order valence-electron chi connectivity index (χ1n) is 10.9. The van der Waals surface area contributed by atoms with Crippen LogP contribution < -0.4 is 26.2 Å². The molecule has 0 bridgehead atoms. The van der Waals surface area contributed by atoms with Gasteiger partial charge < -0.3 is 14.6 Å². The molecule has 5 rings (SSSR count). The van der Waals surface area contributed by atoms with E-state index in [1.807, 2.05) is 24.3 Å². The summed E-state index contributed by atoms with van der Waals surface area (Å²) in [6, 6.07) is 14.2. The van der Waals surface area contributed by atoms with Crippen LogP contribution in [0.2, 0.25) is 0 Å². The standard InChI is InChI=1S/C25H22N4O6S/c1-34-24-19(16-6-5-15-7-8-21(18(15)12-16)27-28-36(2,32)33)13-17(14-20(24)22-4-3-11-35-22)29-10-9-23(30)26-25(29)31/h3-6,8-14,27-28H,7H2,1-2H3,(H,26,30,31). The lowest BCUT2D eigenvalue weighted by atomic mass is 9.95. The van der Waals surface area contributed by atoms with Crippen molar-refractivity contribution in [3.8, 4) is 33.9 Å². The Balaban J connectivity index is 1.69. The minimum absolute atomic E-state index is 0.492. The van der Waals surface area contributed by atoms with Gasteiger partial charge in [-0.2, -0.15) is 0 Å². The van der Waals surface area contributed by atoms with Gasteiger partial charge >= 0.3 is 5.69 Å². The third-order valence-corrected chi connectivity index (χ3v) is 6.25. The van der Waals surface area contributed by atoms with Crippen LogP contribution in [-0.2, 0) is 16.4 Å². The number of hydrogen-bond donors (Lipinski definition) is 3. The smallest absolute Gasteiger partial charge is 0.332 e. The maximum Gasteiger partial charge on any atom is 0.332 e. The summed E-state index contributed by atoms with van der Waals surface area (Å²) in [7, 11) is -1.90. The number of furan rings is 1. The van der Waals surface area contributed by atoms with Crippen molar-refractivity contribution in [1.29, 1.82) is 0 Å². The quantitative estimate of drug-likeness (QED) is 0.328. The number of hydrazine groups is 1. The van der Waals surface area contributed by atoms with Crippen molar-refractivity contribution < 1.29 is 17.6 Å². The molecule has 2 heterocycles. The van der Waals surface area contributed by atoms with Crippen molar-refractivity contribution in [2.45, 2.75) is 6.42 Å². The highest BCUT2D eigenvalue weighted by Crippen LogP contribution is 2.42. The Bertz CT molecular complexity index is 1720. The normalized spacial score (nSPS) is 12.8. The average molecular weight is 507 g/mol. The molecule has 0 saturated heterocycles. The Morgan fingerprint density at radius 2 is 1.86 bits per heavy atom. The van der Waals surface area contributed by atoms with Crippen LogP contribution in [0, 0.1) is 0 Å². The Morgan fingerprint density at radius 3 is 2.56 bits per heavy atom. The van der Waals surface area contributed by atoms with Gasteiger partial charge in [-0.3, -0.25) is 14.3 Å². The number of ether oxygens (including phenoxy) is 1. The monoisotopic (exact) mass is 506 g/mol. The summed E-state index contributed by atoms with van der Waals surface area (Å²) in [5.41, 5.74) is 6.72. The molecule has 36 heavy (non-hydrogen) atoms. The molecule has 0 atom stereocenters. The van der Waals surface area contributed by atoms with Crippen LogP contribution in [0.25, 0.3) is 33.8 Å². The summed E-state index contributed by atoms with van der Waals surface area (Å²) < 4.78 is 35.9. The number of nitrogens with zero attached hydrogens (tertiary/aromatic N) is 1. The molecule has 0 aliphatic heterocycles. The van der Waals surface area contributed by atoms with Crippen LogP contribution in [0.5, 0.6) is 5.75 Å². The van der Waals surface area contributed by atoms with Gasteiger partial charge in [-0.05, 0) is 47.9 Å². The van der Waals surface area contributed by atoms with Crippen molar-refractivity contribution in [2.24, 2.45) is 0 Å². The third-order valence-electron chi connectivity index (χ3n) is 5.77. The maximum atomic E-state index is 12.6. The maximum absolute atomic E-state index is 12.6. The number of methoxy groups -OCH3 is 1. The molecule has 1 aliphatic rings. The molecular weight excluding hydrogens is 484 g/mol. The number of sulfonamides is 1. The molecule has 3 N–H and O–H groups in total. The van der Waals surface area contributed by atoms with E-state index in [4.69, 9.17) is 9.15 Å². The highest BCUT2D eigenvalue weighted by atomic mass is 32.2. The molecule has 0 spiro atoms. The number of aromatic nitrogens is 2. The van der Waals surface area contributed by atoms with E-state index in [9.17, 15) is 18.0 Å². The van der Waals surface area contributed by atoms with Crippen molar-refractivity contribution in [3.05, 3.63) is 99.0 Å². The first-order valence-corrected chi connectivity index (χ1v) is 12.8.